The fourth-order valence-electron chi connectivity index (χ4n) is 2.22. The van der Waals surface area contributed by atoms with Crippen LogP contribution in [0.5, 0.6) is 0 Å². The Hall–Kier alpha value is -2.31. The van der Waals surface area contributed by atoms with Crippen molar-refractivity contribution in [3.8, 4) is 0 Å². The molecule has 0 saturated carbocycles. The standard InChI is InChI=1S/C15H15F3N2O2/c1-9(14(21)22)8-20(2)13-12-4-3-11(15(16,17)18)7-10(12)5-6-19-13/h3-7,9H,8H2,1-2H3,(H,21,22). The zero-order chi connectivity index (χ0) is 16.5. The first-order valence-electron chi connectivity index (χ1n) is 6.60. The molecule has 1 aromatic carbocycles. The van der Waals surface area contributed by atoms with E-state index in [1.165, 1.54) is 18.3 Å². The summed E-state index contributed by atoms with van der Waals surface area (Å²) in [4.78, 5) is 16.7. The molecule has 0 aliphatic carbocycles. The highest BCUT2D eigenvalue weighted by Gasteiger charge is 2.30. The molecule has 0 aliphatic rings. The van der Waals surface area contributed by atoms with E-state index >= 15 is 0 Å². The highest BCUT2D eigenvalue weighted by atomic mass is 19.4. The van der Waals surface area contributed by atoms with Gasteiger partial charge in [0.25, 0.3) is 0 Å². The fraction of sp³-hybridized carbons (Fsp3) is 0.333. The highest BCUT2D eigenvalue weighted by molar-refractivity contribution is 5.92. The number of carboxylic acid groups (broad SMARTS) is 1. The van der Waals surface area contributed by atoms with E-state index in [0.717, 1.165) is 12.1 Å². The molecule has 2 rings (SSSR count). The summed E-state index contributed by atoms with van der Waals surface area (Å²) in [6.07, 6.45) is -2.99. The van der Waals surface area contributed by atoms with Crippen LogP contribution in [0.4, 0.5) is 19.0 Å². The van der Waals surface area contributed by atoms with Crippen molar-refractivity contribution in [3.05, 3.63) is 36.0 Å². The second kappa shape index (κ2) is 5.82. The van der Waals surface area contributed by atoms with Gasteiger partial charge in [0.05, 0.1) is 11.5 Å². The molecule has 0 aliphatic heterocycles. The third-order valence-corrected chi connectivity index (χ3v) is 3.40. The molecule has 7 heteroatoms. The van der Waals surface area contributed by atoms with E-state index in [4.69, 9.17) is 5.11 Å². The van der Waals surface area contributed by atoms with Crippen LogP contribution in [0.25, 0.3) is 10.8 Å². The average Bonchev–Trinajstić information content (AvgIpc) is 2.44. The van der Waals surface area contributed by atoms with Crippen LogP contribution in [0.3, 0.4) is 0 Å². The maximum atomic E-state index is 12.7. The molecule has 0 fully saturated rings. The van der Waals surface area contributed by atoms with Crippen molar-refractivity contribution in [2.75, 3.05) is 18.5 Å². The first-order chi connectivity index (χ1) is 10.2. The van der Waals surface area contributed by atoms with Crippen LogP contribution in [0.15, 0.2) is 30.5 Å². The first kappa shape index (κ1) is 16.1. The molecule has 1 aromatic heterocycles. The van der Waals surface area contributed by atoms with Crippen LogP contribution in [-0.4, -0.2) is 29.7 Å². The summed E-state index contributed by atoms with van der Waals surface area (Å²) in [5, 5.41) is 9.91. The molecule has 2 aromatic rings. The number of rotatable bonds is 4. The van der Waals surface area contributed by atoms with E-state index < -0.39 is 23.6 Å². The SMILES string of the molecule is CC(CN(C)c1nccc2cc(C(F)(F)F)ccc12)C(=O)O. The molecule has 0 bridgehead atoms. The number of pyridine rings is 1. The Bertz CT molecular complexity index is 701. The maximum absolute atomic E-state index is 12.7. The smallest absolute Gasteiger partial charge is 0.416 e. The zero-order valence-electron chi connectivity index (χ0n) is 12.1. The second-order valence-corrected chi connectivity index (χ2v) is 5.19. The molecule has 22 heavy (non-hydrogen) atoms. The summed E-state index contributed by atoms with van der Waals surface area (Å²) in [6, 6.07) is 4.93. The highest BCUT2D eigenvalue weighted by Crippen LogP contribution is 2.33. The third-order valence-electron chi connectivity index (χ3n) is 3.40. The number of carbonyl (C=O) groups is 1. The minimum absolute atomic E-state index is 0.211. The Morgan fingerprint density at radius 3 is 2.64 bits per heavy atom. The minimum Gasteiger partial charge on any atom is -0.481 e. The summed E-state index contributed by atoms with van der Waals surface area (Å²) in [5.74, 6) is -1.10. The number of hydrogen-bond acceptors (Lipinski definition) is 3. The Morgan fingerprint density at radius 1 is 1.36 bits per heavy atom. The van der Waals surface area contributed by atoms with Gasteiger partial charge in [-0.15, -0.1) is 0 Å². The number of halogens is 3. The van der Waals surface area contributed by atoms with Crippen LogP contribution < -0.4 is 4.90 Å². The van der Waals surface area contributed by atoms with E-state index in [0.29, 0.717) is 16.6 Å². The van der Waals surface area contributed by atoms with Crippen LogP contribution in [0.2, 0.25) is 0 Å². The number of anilines is 1. The summed E-state index contributed by atoms with van der Waals surface area (Å²) < 4.78 is 38.2. The average molecular weight is 312 g/mol. The van der Waals surface area contributed by atoms with Gasteiger partial charge in [-0.05, 0) is 23.6 Å². The lowest BCUT2D eigenvalue weighted by Crippen LogP contribution is -2.29. The first-order valence-corrected chi connectivity index (χ1v) is 6.60. The minimum atomic E-state index is -4.40. The normalized spacial score (nSPS) is 13.1. The third kappa shape index (κ3) is 3.29. The summed E-state index contributed by atoms with van der Waals surface area (Å²) in [5.41, 5.74) is -0.723. The van der Waals surface area contributed by atoms with Gasteiger partial charge in [0, 0.05) is 25.2 Å². The van der Waals surface area contributed by atoms with Crippen molar-refractivity contribution in [2.45, 2.75) is 13.1 Å². The molecular formula is C15H15F3N2O2. The van der Waals surface area contributed by atoms with Gasteiger partial charge in [-0.1, -0.05) is 13.0 Å². The number of nitrogens with zero attached hydrogens (tertiary/aromatic N) is 2. The molecule has 1 heterocycles. The number of hydrogen-bond donors (Lipinski definition) is 1. The second-order valence-electron chi connectivity index (χ2n) is 5.19. The Balaban J connectivity index is 2.41. The lowest BCUT2D eigenvalue weighted by atomic mass is 10.1. The largest absolute Gasteiger partial charge is 0.481 e. The Kier molecular flexibility index (Phi) is 4.25. The number of alkyl halides is 3. The van der Waals surface area contributed by atoms with Gasteiger partial charge in [-0.3, -0.25) is 4.79 Å². The van der Waals surface area contributed by atoms with Gasteiger partial charge in [0.2, 0.25) is 0 Å². The monoisotopic (exact) mass is 312 g/mol. The molecular weight excluding hydrogens is 297 g/mol. The lowest BCUT2D eigenvalue weighted by Gasteiger charge is -2.22. The van der Waals surface area contributed by atoms with Crippen LogP contribution in [-0.2, 0) is 11.0 Å². The summed E-state index contributed by atoms with van der Waals surface area (Å²) in [6.45, 7) is 1.77. The predicted octanol–water partition coefficient (Wildman–Crippen LogP) is 3.41. The zero-order valence-corrected chi connectivity index (χ0v) is 12.1. The molecule has 4 nitrogen and oxygen atoms in total. The molecule has 0 radical (unpaired) electrons. The van der Waals surface area contributed by atoms with Gasteiger partial charge in [0.15, 0.2) is 0 Å². The predicted molar refractivity (Wildman–Crippen MR) is 76.8 cm³/mol. The molecule has 0 spiro atoms. The van der Waals surface area contributed by atoms with Crippen molar-refractivity contribution in [1.82, 2.24) is 4.98 Å². The van der Waals surface area contributed by atoms with E-state index in [2.05, 4.69) is 4.98 Å². The van der Waals surface area contributed by atoms with Crippen LogP contribution in [0, 0.1) is 5.92 Å². The maximum Gasteiger partial charge on any atom is 0.416 e. The molecule has 1 unspecified atom stereocenters. The molecule has 0 amide bonds. The van der Waals surface area contributed by atoms with E-state index in [9.17, 15) is 18.0 Å². The lowest BCUT2D eigenvalue weighted by molar-refractivity contribution is -0.141. The number of benzene rings is 1. The van der Waals surface area contributed by atoms with E-state index in [-0.39, 0.29) is 6.54 Å². The van der Waals surface area contributed by atoms with Crippen molar-refractivity contribution < 1.29 is 23.1 Å². The molecule has 118 valence electrons. The Morgan fingerprint density at radius 2 is 2.05 bits per heavy atom. The van der Waals surface area contributed by atoms with Crippen molar-refractivity contribution >= 4 is 22.6 Å². The fourth-order valence-corrected chi connectivity index (χ4v) is 2.22. The summed E-state index contributed by atoms with van der Waals surface area (Å²) >= 11 is 0. The van der Waals surface area contributed by atoms with Crippen molar-refractivity contribution in [3.63, 3.8) is 0 Å². The van der Waals surface area contributed by atoms with Crippen LogP contribution in [0.1, 0.15) is 12.5 Å². The summed E-state index contributed by atoms with van der Waals surface area (Å²) in [7, 11) is 1.67. The van der Waals surface area contributed by atoms with Gasteiger partial charge in [-0.2, -0.15) is 13.2 Å². The van der Waals surface area contributed by atoms with Crippen molar-refractivity contribution in [1.29, 1.82) is 0 Å². The quantitative estimate of drug-likeness (QED) is 0.940. The van der Waals surface area contributed by atoms with Gasteiger partial charge in [-0.25, -0.2) is 4.98 Å². The molecule has 1 N–H and O–H groups in total. The van der Waals surface area contributed by atoms with Gasteiger partial charge < -0.3 is 10.0 Å². The topological polar surface area (TPSA) is 53.4 Å². The number of aromatic nitrogens is 1. The number of aliphatic carboxylic acids is 1. The Labute approximate surface area is 125 Å². The van der Waals surface area contributed by atoms with E-state index in [1.54, 1.807) is 18.9 Å². The van der Waals surface area contributed by atoms with Gasteiger partial charge in [0.1, 0.15) is 5.82 Å². The van der Waals surface area contributed by atoms with Crippen molar-refractivity contribution in [2.24, 2.45) is 5.92 Å². The molecule has 0 saturated heterocycles. The molecule has 1 atom stereocenters. The van der Waals surface area contributed by atoms with Gasteiger partial charge >= 0.3 is 12.1 Å². The number of fused-ring (bicyclic) bond motifs is 1. The number of carboxylic acids is 1. The van der Waals surface area contributed by atoms with E-state index in [1.807, 2.05) is 0 Å². The van der Waals surface area contributed by atoms with Crippen LogP contribution >= 0.6 is 0 Å².